The number of carbonyl (C=O) groups excluding carboxylic acids is 2. The molecule has 2 aliphatic heterocycles. The number of hydrogen-bond acceptors (Lipinski definition) is 6. The molecule has 2 aliphatic rings. The fourth-order valence-corrected chi connectivity index (χ4v) is 5.71. The summed E-state index contributed by atoms with van der Waals surface area (Å²) >= 11 is 1.39. The fraction of sp³-hybridized carbons (Fsp3) is 0.435. The van der Waals surface area contributed by atoms with Crippen LogP contribution in [-0.2, 0) is 11.2 Å². The highest BCUT2D eigenvalue weighted by molar-refractivity contribution is 7.18. The molecule has 0 radical (unpaired) electrons. The van der Waals surface area contributed by atoms with Gasteiger partial charge in [-0.2, -0.15) is 0 Å². The first-order chi connectivity index (χ1) is 15.0. The highest BCUT2D eigenvalue weighted by Gasteiger charge is 2.29. The van der Waals surface area contributed by atoms with Gasteiger partial charge in [0.25, 0.3) is 0 Å². The van der Waals surface area contributed by atoms with Crippen LogP contribution in [0, 0.1) is 5.82 Å². The SMILES string of the molecule is CC(CC(=O)c1cc2c(s1)NC(=O)CC2)N1CCC(c2noc3cc(F)ccc23)CC1. The van der Waals surface area contributed by atoms with Gasteiger partial charge in [-0.1, -0.05) is 5.16 Å². The van der Waals surface area contributed by atoms with Crippen LogP contribution in [0.3, 0.4) is 0 Å². The van der Waals surface area contributed by atoms with E-state index in [1.54, 1.807) is 6.07 Å². The molecule has 0 spiro atoms. The molecule has 6 nitrogen and oxygen atoms in total. The van der Waals surface area contributed by atoms with E-state index in [2.05, 4.69) is 22.3 Å². The third-order valence-corrected chi connectivity index (χ3v) is 7.57. The van der Waals surface area contributed by atoms with E-state index in [4.69, 9.17) is 4.52 Å². The number of nitrogens with zero attached hydrogens (tertiary/aromatic N) is 2. The predicted molar refractivity (Wildman–Crippen MR) is 117 cm³/mol. The van der Waals surface area contributed by atoms with Crippen LogP contribution in [0.4, 0.5) is 9.39 Å². The summed E-state index contributed by atoms with van der Waals surface area (Å²) in [7, 11) is 0. The summed E-state index contributed by atoms with van der Waals surface area (Å²) < 4.78 is 18.7. The Balaban J connectivity index is 1.19. The van der Waals surface area contributed by atoms with E-state index in [9.17, 15) is 14.0 Å². The Hall–Kier alpha value is -2.58. The van der Waals surface area contributed by atoms with Crippen molar-refractivity contribution in [1.29, 1.82) is 0 Å². The molecule has 2 aromatic heterocycles. The Labute approximate surface area is 183 Å². The number of aromatic nitrogens is 1. The average molecular weight is 442 g/mol. The minimum absolute atomic E-state index is 0.0228. The van der Waals surface area contributed by atoms with Crippen LogP contribution in [-0.4, -0.2) is 40.9 Å². The second-order valence-corrected chi connectivity index (χ2v) is 9.56. The molecule has 1 saturated heterocycles. The molecular formula is C23H24FN3O3S. The van der Waals surface area contributed by atoms with Crippen molar-refractivity contribution >= 4 is 39.0 Å². The van der Waals surface area contributed by atoms with E-state index in [1.165, 1.54) is 23.5 Å². The van der Waals surface area contributed by atoms with Crippen molar-refractivity contribution in [2.24, 2.45) is 0 Å². The zero-order chi connectivity index (χ0) is 21.5. The number of thiophene rings is 1. The Morgan fingerprint density at radius 2 is 2.13 bits per heavy atom. The number of nitrogens with one attached hydrogen (secondary N) is 1. The first-order valence-corrected chi connectivity index (χ1v) is 11.5. The van der Waals surface area contributed by atoms with Gasteiger partial charge in [-0.05, 0) is 63.0 Å². The number of halogens is 1. The molecule has 162 valence electrons. The topological polar surface area (TPSA) is 75.4 Å². The van der Waals surface area contributed by atoms with E-state index in [0.29, 0.717) is 24.8 Å². The Kier molecular flexibility index (Phi) is 5.35. The molecule has 0 aliphatic carbocycles. The number of Topliss-reactive ketones (excluding diaryl/α,β-unsaturated/α-hetero) is 1. The minimum Gasteiger partial charge on any atom is -0.356 e. The summed E-state index contributed by atoms with van der Waals surface area (Å²) in [6.07, 6.45) is 3.51. The smallest absolute Gasteiger partial charge is 0.225 e. The van der Waals surface area contributed by atoms with Gasteiger partial charge in [0.15, 0.2) is 11.4 Å². The number of ketones is 1. The predicted octanol–water partition coefficient (Wildman–Crippen LogP) is 4.75. The first-order valence-electron chi connectivity index (χ1n) is 10.7. The van der Waals surface area contributed by atoms with Gasteiger partial charge in [0.2, 0.25) is 5.91 Å². The second kappa shape index (κ2) is 8.16. The van der Waals surface area contributed by atoms with Crippen molar-refractivity contribution in [1.82, 2.24) is 10.1 Å². The minimum atomic E-state index is -0.322. The van der Waals surface area contributed by atoms with Gasteiger partial charge in [0, 0.05) is 36.3 Å². The lowest BCUT2D eigenvalue weighted by molar-refractivity contribution is -0.116. The third-order valence-electron chi connectivity index (χ3n) is 6.44. The number of piperidine rings is 1. The Morgan fingerprint density at radius 3 is 2.94 bits per heavy atom. The Bertz CT molecular complexity index is 1150. The van der Waals surface area contributed by atoms with Gasteiger partial charge in [0.1, 0.15) is 5.82 Å². The van der Waals surface area contributed by atoms with Crippen molar-refractivity contribution in [3.63, 3.8) is 0 Å². The molecule has 1 aromatic carbocycles. The lowest BCUT2D eigenvalue weighted by atomic mass is 9.90. The van der Waals surface area contributed by atoms with Crippen molar-refractivity contribution in [2.45, 2.75) is 51.0 Å². The summed E-state index contributed by atoms with van der Waals surface area (Å²) in [5, 5.41) is 8.79. The van der Waals surface area contributed by atoms with E-state index in [-0.39, 0.29) is 29.5 Å². The van der Waals surface area contributed by atoms with Gasteiger partial charge in [0.05, 0.1) is 15.6 Å². The molecule has 1 amide bonds. The standard InChI is InChI=1S/C23H24FN3O3S/c1-13(10-18(28)20-11-15-2-5-21(29)25-23(15)31-20)27-8-6-14(7-9-27)22-17-4-3-16(24)12-19(17)30-26-22/h3-4,11-14H,2,5-10H2,1H3,(H,25,29). The maximum absolute atomic E-state index is 13.4. The number of aryl methyl sites for hydroxylation is 1. The van der Waals surface area contributed by atoms with Crippen LogP contribution in [0.5, 0.6) is 0 Å². The Morgan fingerprint density at radius 1 is 1.32 bits per heavy atom. The van der Waals surface area contributed by atoms with Crippen molar-refractivity contribution in [2.75, 3.05) is 18.4 Å². The maximum Gasteiger partial charge on any atom is 0.225 e. The molecule has 4 heterocycles. The van der Waals surface area contributed by atoms with E-state index >= 15 is 0 Å². The highest BCUT2D eigenvalue weighted by Crippen LogP contribution is 2.35. The zero-order valence-electron chi connectivity index (χ0n) is 17.3. The molecule has 5 rings (SSSR count). The summed E-state index contributed by atoms with van der Waals surface area (Å²) in [4.78, 5) is 27.5. The molecular weight excluding hydrogens is 417 g/mol. The van der Waals surface area contributed by atoms with Crippen LogP contribution in [0.2, 0.25) is 0 Å². The number of benzene rings is 1. The summed E-state index contributed by atoms with van der Waals surface area (Å²) in [6.45, 7) is 3.86. The molecule has 1 atom stereocenters. The number of likely N-dealkylation sites (tertiary alicyclic amines) is 1. The van der Waals surface area contributed by atoms with Gasteiger partial charge in [-0.3, -0.25) is 9.59 Å². The van der Waals surface area contributed by atoms with Crippen molar-refractivity contribution in [3.8, 4) is 0 Å². The number of rotatable bonds is 5. The molecule has 8 heteroatoms. The van der Waals surface area contributed by atoms with E-state index in [1.807, 2.05) is 6.07 Å². The monoisotopic (exact) mass is 441 g/mol. The van der Waals surface area contributed by atoms with Crippen LogP contribution in [0.15, 0.2) is 28.8 Å². The van der Waals surface area contributed by atoms with Gasteiger partial charge in [-0.15, -0.1) is 11.3 Å². The first kappa shape index (κ1) is 20.3. The molecule has 1 fully saturated rings. The number of hydrogen-bond donors (Lipinski definition) is 1. The van der Waals surface area contributed by atoms with E-state index < -0.39 is 0 Å². The van der Waals surface area contributed by atoms with Gasteiger partial charge >= 0.3 is 0 Å². The van der Waals surface area contributed by atoms with Crippen molar-refractivity contribution < 1.29 is 18.5 Å². The molecule has 1 unspecified atom stereocenters. The van der Waals surface area contributed by atoms with Crippen LogP contribution < -0.4 is 5.32 Å². The quantitative estimate of drug-likeness (QED) is 0.578. The van der Waals surface area contributed by atoms with Gasteiger partial charge in [-0.25, -0.2) is 4.39 Å². The third kappa shape index (κ3) is 4.02. The van der Waals surface area contributed by atoms with Crippen LogP contribution in [0.1, 0.15) is 59.5 Å². The summed E-state index contributed by atoms with van der Waals surface area (Å²) in [5.74, 6) is 0.110. The number of amides is 1. The largest absolute Gasteiger partial charge is 0.356 e. The highest BCUT2D eigenvalue weighted by atomic mass is 32.1. The normalized spacial score (nSPS) is 18.7. The van der Waals surface area contributed by atoms with Crippen LogP contribution in [0.25, 0.3) is 11.0 Å². The average Bonchev–Trinajstić information content (AvgIpc) is 3.37. The fourth-order valence-electron chi connectivity index (χ4n) is 4.63. The summed E-state index contributed by atoms with van der Waals surface area (Å²) in [5.41, 5.74) is 2.47. The second-order valence-electron chi connectivity index (χ2n) is 8.51. The number of carbonyl (C=O) groups is 2. The number of fused-ring (bicyclic) bond motifs is 2. The summed E-state index contributed by atoms with van der Waals surface area (Å²) in [6, 6.07) is 6.65. The molecule has 31 heavy (non-hydrogen) atoms. The molecule has 3 aromatic rings. The molecule has 1 N–H and O–H groups in total. The zero-order valence-corrected chi connectivity index (χ0v) is 18.1. The van der Waals surface area contributed by atoms with Gasteiger partial charge < -0.3 is 14.7 Å². The lowest BCUT2D eigenvalue weighted by Crippen LogP contribution is -2.40. The number of anilines is 1. The van der Waals surface area contributed by atoms with Crippen molar-refractivity contribution in [3.05, 3.63) is 46.2 Å². The lowest BCUT2D eigenvalue weighted by Gasteiger charge is -2.35. The maximum atomic E-state index is 13.4. The van der Waals surface area contributed by atoms with Crippen LogP contribution >= 0.6 is 11.3 Å². The van der Waals surface area contributed by atoms with E-state index in [0.717, 1.165) is 52.5 Å². The molecule has 0 saturated carbocycles. The molecule has 0 bridgehead atoms.